The lowest BCUT2D eigenvalue weighted by Crippen LogP contribution is -2.51. The second-order valence-corrected chi connectivity index (χ2v) is 12.5. The third kappa shape index (κ3) is 9.58. The van der Waals surface area contributed by atoms with Crippen LogP contribution in [0.15, 0.2) is 78.9 Å². The first-order chi connectivity index (χ1) is 20.0. The second kappa shape index (κ2) is 15.3. The van der Waals surface area contributed by atoms with Crippen LogP contribution in [0.25, 0.3) is 0 Å². The summed E-state index contributed by atoms with van der Waals surface area (Å²) in [5.74, 6) is -0.381. The fourth-order valence-electron chi connectivity index (χ4n) is 4.58. The Kier molecular flexibility index (Phi) is 11.9. The zero-order chi connectivity index (χ0) is 30.7. The van der Waals surface area contributed by atoms with Crippen LogP contribution in [0, 0.1) is 11.7 Å². The summed E-state index contributed by atoms with van der Waals surface area (Å²) in [6.07, 6.45) is 1.59. The molecule has 3 aromatic carbocycles. The quantitative estimate of drug-likeness (QED) is 0.272. The number of halogens is 1. The van der Waals surface area contributed by atoms with Gasteiger partial charge in [-0.3, -0.25) is 13.9 Å². The van der Waals surface area contributed by atoms with Crippen LogP contribution in [0.1, 0.15) is 37.8 Å². The summed E-state index contributed by atoms with van der Waals surface area (Å²) in [5, 5.41) is 2.97. The SMILES string of the molecule is COc1ccccc1N(CCCC(=O)N(Cc1ccc(F)cc1)[C@@H](Cc1ccccc1)C(=O)NCC(C)C)S(C)(=O)=O. The van der Waals surface area contributed by atoms with Crippen LogP contribution in [-0.2, 0) is 32.6 Å². The van der Waals surface area contributed by atoms with Crippen LogP contribution < -0.4 is 14.4 Å². The van der Waals surface area contributed by atoms with Crippen molar-refractivity contribution in [2.45, 2.75) is 45.7 Å². The van der Waals surface area contributed by atoms with Gasteiger partial charge in [-0.2, -0.15) is 0 Å². The maximum atomic E-state index is 13.9. The van der Waals surface area contributed by atoms with Gasteiger partial charge in [-0.05, 0) is 47.7 Å². The van der Waals surface area contributed by atoms with Gasteiger partial charge in [0.2, 0.25) is 21.8 Å². The molecule has 0 fully saturated rings. The number of amides is 2. The first-order valence-corrected chi connectivity index (χ1v) is 15.8. The van der Waals surface area contributed by atoms with Crippen molar-refractivity contribution in [1.29, 1.82) is 0 Å². The van der Waals surface area contributed by atoms with Crippen molar-refractivity contribution in [2.75, 3.05) is 30.8 Å². The van der Waals surface area contributed by atoms with E-state index in [1.165, 1.54) is 28.4 Å². The van der Waals surface area contributed by atoms with Gasteiger partial charge in [0.15, 0.2) is 0 Å². The number of anilines is 1. The summed E-state index contributed by atoms with van der Waals surface area (Å²) >= 11 is 0. The fraction of sp³-hybridized carbons (Fsp3) is 0.375. The number of rotatable bonds is 15. The normalized spacial score (nSPS) is 12.0. The number of nitrogens with one attached hydrogen (secondary N) is 1. The Morgan fingerprint density at radius 3 is 2.19 bits per heavy atom. The van der Waals surface area contributed by atoms with Crippen LogP contribution in [0.4, 0.5) is 10.1 Å². The smallest absolute Gasteiger partial charge is 0.243 e. The molecule has 0 saturated carbocycles. The van der Waals surface area contributed by atoms with Crippen molar-refractivity contribution >= 4 is 27.5 Å². The first kappa shape index (κ1) is 32.6. The average molecular weight is 598 g/mol. The Balaban J connectivity index is 1.89. The van der Waals surface area contributed by atoms with E-state index >= 15 is 0 Å². The largest absolute Gasteiger partial charge is 0.495 e. The van der Waals surface area contributed by atoms with Crippen molar-refractivity contribution in [3.8, 4) is 5.75 Å². The van der Waals surface area contributed by atoms with Crippen LogP contribution in [0.2, 0.25) is 0 Å². The molecule has 0 aromatic heterocycles. The molecule has 1 atom stereocenters. The Bertz CT molecular complexity index is 1420. The lowest BCUT2D eigenvalue weighted by molar-refractivity contribution is -0.141. The molecular formula is C32H40FN3O5S. The zero-order valence-electron chi connectivity index (χ0n) is 24.6. The van der Waals surface area contributed by atoms with E-state index in [4.69, 9.17) is 4.74 Å². The van der Waals surface area contributed by atoms with E-state index in [0.717, 1.165) is 11.8 Å². The molecule has 0 aliphatic rings. The van der Waals surface area contributed by atoms with Crippen molar-refractivity contribution in [2.24, 2.45) is 5.92 Å². The lowest BCUT2D eigenvalue weighted by Gasteiger charge is -2.32. The van der Waals surface area contributed by atoms with E-state index in [0.29, 0.717) is 23.5 Å². The fourth-order valence-corrected chi connectivity index (χ4v) is 5.55. The first-order valence-electron chi connectivity index (χ1n) is 14.0. The van der Waals surface area contributed by atoms with Gasteiger partial charge in [0.05, 0.1) is 19.1 Å². The number of benzene rings is 3. The highest BCUT2D eigenvalue weighted by Gasteiger charge is 2.31. The predicted molar refractivity (Wildman–Crippen MR) is 163 cm³/mol. The third-order valence-corrected chi connectivity index (χ3v) is 7.91. The van der Waals surface area contributed by atoms with Gasteiger partial charge in [0.1, 0.15) is 17.6 Å². The number of methoxy groups -OCH3 is 1. The molecule has 1 N–H and O–H groups in total. The summed E-state index contributed by atoms with van der Waals surface area (Å²) in [5.41, 5.74) is 1.94. The van der Waals surface area contributed by atoms with Crippen LogP contribution in [0.5, 0.6) is 5.75 Å². The molecular weight excluding hydrogens is 557 g/mol. The number of ether oxygens (including phenoxy) is 1. The Morgan fingerprint density at radius 2 is 1.57 bits per heavy atom. The molecule has 3 aromatic rings. The highest BCUT2D eigenvalue weighted by atomic mass is 32.2. The van der Waals surface area contributed by atoms with E-state index in [1.807, 2.05) is 44.2 Å². The zero-order valence-corrected chi connectivity index (χ0v) is 25.4. The van der Waals surface area contributed by atoms with E-state index in [-0.39, 0.29) is 50.1 Å². The number of hydrogen-bond donors (Lipinski definition) is 1. The molecule has 0 radical (unpaired) electrons. The van der Waals surface area contributed by atoms with Crippen molar-refractivity contribution < 1.29 is 27.1 Å². The van der Waals surface area contributed by atoms with E-state index in [9.17, 15) is 22.4 Å². The highest BCUT2D eigenvalue weighted by molar-refractivity contribution is 7.92. The van der Waals surface area contributed by atoms with Crippen LogP contribution >= 0.6 is 0 Å². The number of nitrogens with zero attached hydrogens (tertiary/aromatic N) is 2. The molecule has 0 spiro atoms. The minimum absolute atomic E-state index is 0.00882. The minimum atomic E-state index is -3.68. The van der Waals surface area contributed by atoms with Crippen molar-refractivity contribution in [3.05, 3.63) is 95.8 Å². The molecule has 0 unspecified atom stereocenters. The van der Waals surface area contributed by atoms with Gasteiger partial charge in [0.25, 0.3) is 0 Å². The van der Waals surface area contributed by atoms with Gasteiger partial charge in [0, 0.05) is 32.5 Å². The number of carbonyl (C=O) groups excluding carboxylic acids is 2. The van der Waals surface area contributed by atoms with E-state index in [1.54, 1.807) is 36.4 Å². The standard InChI is InChI=1S/C32H40FN3O5S/c1-24(2)22-34-32(38)29(21-25-11-6-5-7-12-25)35(23-26-16-18-27(33)19-17-26)31(37)15-10-20-36(42(4,39)40)28-13-8-9-14-30(28)41-3/h5-9,11-14,16-19,24,29H,10,15,20-23H2,1-4H3,(H,34,38)/t29-/m0/s1. The molecule has 0 heterocycles. The van der Waals surface area contributed by atoms with E-state index < -0.39 is 21.9 Å². The van der Waals surface area contributed by atoms with Crippen LogP contribution in [0.3, 0.4) is 0 Å². The summed E-state index contributed by atoms with van der Waals surface area (Å²) < 4.78 is 45.6. The van der Waals surface area contributed by atoms with Gasteiger partial charge in [-0.15, -0.1) is 0 Å². The number of hydrogen-bond acceptors (Lipinski definition) is 5. The molecule has 226 valence electrons. The van der Waals surface area contributed by atoms with E-state index in [2.05, 4.69) is 5.32 Å². The molecule has 3 rings (SSSR count). The molecule has 2 amide bonds. The third-order valence-electron chi connectivity index (χ3n) is 6.73. The number of carbonyl (C=O) groups is 2. The highest BCUT2D eigenvalue weighted by Crippen LogP contribution is 2.30. The Labute approximate surface area is 248 Å². The minimum Gasteiger partial charge on any atom is -0.495 e. The van der Waals surface area contributed by atoms with Gasteiger partial charge < -0.3 is 15.0 Å². The molecule has 0 aliphatic carbocycles. The molecule has 0 aliphatic heterocycles. The Hall–Kier alpha value is -3.92. The topological polar surface area (TPSA) is 96.0 Å². The summed E-state index contributed by atoms with van der Waals surface area (Å²) in [4.78, 5) is 28.9. The number of para-hydroxylation sites is 2. The predicted octanol–water partition coefficient (Wildman–Crippen LogP) is 4.79. The molecule has 0 saturated heterocycles. The lowest BCUT2D eigenvalue weighted by atomic mass is 10.0. The Morgan fingerprint density at radius 1 is 0.929 bits per heavy atom. The molecule has 42 heavy (non-hydrogen) atoms. The summed E-state index contributed by atoms with van der Waals surface area (Å²) in [6.45, 7) is 4.56. The molecule has 8 nitrogen and oxygen atoms in total. The summed E-state index contributed by atoms with van der Waals surface area (Å²) in [7, 11) is -2.21. The van der Waals surface area contributed by atoms with Crippen molar-refractivity contribution in [3.63, 3.8) is 0 Å². The second-order valence-electron chi connectivity index (χ2n) is 10.6. The van der Waals surface area contributed by atoms with Crippen LogP contribution in [-0.4, -0.2) is 57.6 Å². The van der Waals surface area contributed by atoms with Gasteiger partial charge in [-0.25, -0.2) is 12.8 Å². The monoisotopic (exact) mass is 597 g/mol. The van der Waals surface area contributed by atoms with Gasteiger partial charge in [-0.1, -0.05) is 68.4 Å². The van der Waals surface area contributed by atoms with Gasteiger partial charge >= 0.3 is 0 Å². The maximum absolute atomic E-state index is 13.9. The average Bonchev–Trinajstić information content (AvgIpc) is 2.96. The maximum Gasteiger partial charge on any atom is 0.243 e. The van der Waals surface area contributed by atoms with Crippen molar-refractivity contribution in [1.82, 2.24) is 10.2 Å². The molecule has 10 heteroatoms. The number of sulfonamides is 1. The molecule has 0 bridgehead atoms. The summed E-state index contributed by atoms with van der Waals surface area (Å²) in [6, 6.07) is 21.2.